The first-order valence-corrected chi connectivity index (χ1v) is 14.0. The number of morpholine rings is 1. The van der Waals surface area contributed by atoms with Crippen LogP contribution in [0.15, 0.2) is 36.4 Å². The Morgan fingerprint density at radius 2 is 1.77 bits per heavy atom. The van der Waals surface area contributed by atoms with Gasteiger partial charge in [0.15, 0.2) is 0 Å². The van der Waals surface area contributed by atoms with Gasteiger partial charge in [-0.25, -0.2) is 14.4 Å². The van der Waals surface area contributed by atoms with Crippen LogP contribution in [0.5, 0.6) is 11.6 Å². The summed E-state index contributed by atoms with van der Waals surface area (Å²) in [6.45, 7) is 8.61. The van der Waals surface area contributed by atoms with Crippen LogP contribution < -0.4 is 19.7 Å². The predicted molar refractivity (Wildman–Crippen MR) is 155 cm³/mol. The number of ether oxygens (including phenoxy) is 4. The van der Waals surface area contributed by atoms with Gasteiger partial charge in [-0.2, -0.15) is 4.37 Å². The number of nitrogens with one attached hydrogen (secondary N) is 1. The molecule has 0 amide bonds. The molecule has 3 rings (SSSR count). The Bertz CT molecular complexity index is 1240. The zero-order valence-electron chi connectivity index (χ0n) is 24.4. The first kappa shape index (κ1) is 35.6. The third-order valence-electron chi connectivity index (χ3n) is 5.31. The fourth-order valence-electron chi connectivity index (χ4n) is 3.34. The number of carbonyl (C=O) groups is 3. The summed E-state index contributed by atoms with van der Waals surface area (Å²) in [7, 11) is 0. The molecule has 44 heavy (non-hydrogen) atoms. The average molecular weight is 642 g/mol. The van der Waals surface area contributed by atoms with Gasteiger partial charge in [0, 0.05) is 37.3 Å². The molecule has 0 saturated carbocycles. The first-order valence-electron chi connectivity index (χ1n) is 13.2. The van der Waals surface area contributed by atoms with E-state index in [9.17, 15) is 24.5 Å². The van der Waals surface area contributed by atoms with Crippen LogP contribution in [-0.2, 0) is 23.9 Å². The fraction of sp³-hybridized carbons (Fsp3) is 0.500. The molecule has 0 unspecified atom stereocenters. The molecule has 2 heterocycles. The monoisotopic (exact) mass is 641 g/mol. The van der Waals surface area contributed by atoms with Crippen LogP contribution >= 0.6 is 11.7 Å². The number of aliphatic carboxylic acids is 2. The smallest absolute Gasteiger partial charge is 0.342 e. The molecule has 18 heteroatoms. The Balaban J connectivity index is 0.000000742. The van der Waals surface area contributed by atoms with E-state index in [1.165, 1.54) is 0 Å². The third-order valence-corrected chi connectivity index (χ3v) is 5.81. The highest BCUT2D eigenvalue weighted by Gasteiger charge is 2.25. The fourth-order valence-corrected chi connectivity index (χ4v) is 3.86. The normalized spacial score (nSPS) is 13.8. The van der Waals surface area contributed by atoms with Crippen molar-refractivity contribution in [2.45, 2.75) is 32.4 Å². The van der Waals surface area contributed by atoms with E-state index in [1.54, 1.807) is 24.3 Å². The van der Waals surface area contributed by atoms with E-state index in [1.807, 2.05) is 25.7 Å². The Morgan fingerprint density at radius 3 is 2.39 bits per heavy atom. The molecular weight excluding hydrogens is 606 g/mol. The van der Waals surface area contributed by atoms with Crippen molar-refractivity contribution in [1.82, 2.24) is 14.1 Å². The van der Waals surface area contributed by atoms with Gasteiger partial charge < -0.3 is 44.2 Å². The number of esters is 1. The first-order chi connectivity index (χ1) is 20.9. The van der Waals surface area contributed by atoms with E-state index in [0.29, 0.717) is 56.7 Å². The maximum Gasteiger partial charge on any atom is 0.342 e. The molecule has 242 valence electrons. The van der Waals surface area contributed by atoms with Gasteiger partial charge in [0.05, 0.1) is 24.9 Å². The van der Waals surface area contributed by atoms with E-state index >= 15 is 0 Å². The van der Waals surface area contributed by atoms with E-state index in [0.717, 1.165) is 11.7 Å². The summed E-state index contributed by atoms with van der Waals surface area (Å²) in [6, 6.07) is 6.50. The molecule has 1 aliphatic heterocycles. The molecule has 1 aromatic heterocycles. The number of para-hydroxylation sites is 1. The molecule has 1 fully saturated rings. The lowest BCUT2D eigenvalue weighted by Gasteiger charge is -2.27. The van der Waals surface area contributed by atoms with Gasteiger partial charge in [-0.15, -0.1) is 14.5 Å². The lowest BCUT2D eigenvalue weighted by Crippen LogP contribution is -2.44. The quantitative estimate of drug-likeness (QED) is 0.0827. The van der Waals surface area contributed by atoms with Crippen LogP contribution in [-0.4, -0.2) is 106 Å². The number of rotatable bonds is 15. The second kappa shape index (κ2) is 18.2. The van der Waals surface area contributed by atoms with Crippen molar-refractivity contribution in [3.8, 4) is 11.6 Å². The zero-order chi connectivity index (χ0) is 32.5. The molecule has 3 N–H and O–H groups in total. The number of hydrogen-bond donors (Lipinski definition) is 3. The summed E-state index contributed by atoms with van der Waals surface area (Å²) in [6.07, 6.45) is 0.465. The highest BCUT2D eigenvalue weighted by atomic mass is 32.1. The molecule has 0 radical (unpaired) electrons. The topological polar surface area (TPSA) is 222 Å². The van der Waals surface area contributed by atoms with Crippen LogP contribution in [0, 0.1) is 10.1 Å². The standard InChI is InChI=1S/C22H31N5O8S.C4H4O4/c1-22(2,3)23-14-16(15-33-20-19(24-36-25-20)26-8-10-31-11-9-26)35-21(28)17-6-4-5-7-18(17)32-12-13-34-27(29)30;5-3(6)1-2-4(7)8/h4-7,16,23H,8-15H2,1-3H3;1-2H,(H,5,6)(H,7,8)/b;2-1-/t16-;/m0./s1. The number of benzene rings is 1. The Labute approximate surface area is 256 Å². The maximum absolute atomic E-state index is 13.0. The Morgan fingerprint density at radius 1 is 1.11 bits per heavy atom. The van der Waals surface area contributed by atoms with Gasteiger partial charge in [0.1, 0.15) is 37.2 Å². The second-order valence-corrected chi connectivity index (χ2v) is 10.4. The molecular formula is C26H35N5O12S. The number of aromatic nitrogens is 2. The molecule has 17 nitrogen and oxygen atoms in total. The highest BCUT2D eigenvalue weighted by molar-refractivity contribution is 6.99. The van der Waals surface area contributed by atoms with Crippen molar-refractivity contribution >= 4 is 35.5 Å². The Hall–Kier alpha value is -4.55. The van der Waals surface area contributed by atoms with Crippen molar-refractivity contribution in [3.63, 3.8) is 0 Å². The number of carbonyl (C=O) groups excluding carboxylic acids is 1. The van der Waals surface area contributed by atoms with Crippen LogP contribution in [0.25, 0.3) is 0 Å². The minimum atomic E-state index is -1.26. The molecule has 2 aromatic rings. The van der Waals surface area contributed by atoms with Gasteiger partial charge in [-0.1, -0.05) is 12.1 Å². The number of carboxylic acids is 2. The van der Waals surface area contributed by atoms with Crippen molar-refractivity contribution < 1.29 is 53.5 Å². The van der Waals surface area contributed by atoms with Crippen LogP contribution in [0.2, 0.25) is 0 Å². The lowest BCUT2D eigenvalue weighted by atomic mass is 10.1. The highest BCUT2D eigenvalue weighted by Crippen LogP contribution is 2.27. The molecule has 1 atom stereocenters. The molecule has 1 saturated heterocycles. The van der Waals surface area contributed by atoms with Gasteiger partial charge in [0.25, 0.3) is 11.0 Å². The molecule has 0 aliphatic carbocycles. The van der Waals surface area contributed by atoms with Gasteiger partial charge in [0.2, 0.25) is 5.82 Å². The number of hydrogen-bond acceptors (Lipinski definition) is 15. The molecule has 0 spiro atoms. The summed E-state index contributed by atoms with van der Waals surface area (Å²) in [5.74, 6) is -1.87. The third kappa shape index (κ3) is 14.1. The lowest BCUT2D eigenvalue weighted by molar-refractivity contribution is -0.757. The summed E-state index contributed by atoms with van der Waals surface area (Å²) < 4.78 is 31.2. The van der Waals surface area contributed by atoms with Crippen molar-refractivity contribution in [3.05, 3.63) is 52.1 Å². The zero-order valence-corrected chi connectivity index (χ0v) is 25.2. The average Bonchev–Trinajstić information content (AvgIpc) is 3.45. The van der Waals surface area contributed by atoms with E-state index in [-0.39, 0.29) is 36.7 Å². The second-order valence-electron chi connectivity index (χ2n) is 9.87. The summed E-state index contributed by atoms with van der Waals surface area (Å²) >= 11 is 1.05. The number of anilines is 1. The summed E-state index contributed by atoms with van der Waals surface area (Å²) in [4.78, 5) is 48.8. The number of carboxylic acid groups (broad SMARTS) is 2. The number of nitrogens with zero attached hydrogens (tertiary/aromatic N) is 4. The Kier molecular flexibility index (Phi) is 14.7. The molecule has 1 aromatic carbocycles. The van der Waals surface area contributed by atoms with Crippen molar-refractivity contribution in [2.75, 3.05) is 57.6 Å². The van der Waals surface area contributed by atoms with E-state index < -0.39 is 29.1 Å². The predicted octanol–water partition coefficient (Wildman–Crippen LogP) is 1.67. The van der Waals surface area contributed by atoms with Crippen molar-refractivity contribution in [1.29, 1.82) is 0 Å². The van der Waals surface area contributed by atoms with Gasteiger partial charge in [-0.05, 0) is 32.9 Å². The van der Waals surface area contributed by atoms with Gasteiger partial charge >= 0.3 is 17.9 Å². The molecule has 0 bridgehead atoms. The molecule has 1 aliphatic rings. The van der Waals surface area contributed by atoms with Crippen LogP contribution in [0.1, 0.15) is 31.1 Å². The summed E-state index contributed by atoms with van der Waals surface area (Å²) in [5, 5.41) is 28.4. The van der Waals surface area contributed by atoms with E-state index in [2.05, 4.69) is 18.9 Å². The SMILES string of the molecule is CC(C)(C)NC[C@@H](COc1nsnc1N1CCOCC1)OC(=O)c1ccccc1OCCO[N+](=O)[O-].O=C(O)/C=C\C(=O)O. The minimum Gasteiger partial charge on any atom is -0.491 e. The summed E-state index contributed by atoms with van der Waals surface area (Å²) in [5.41, 5.74) is -0.0344. The maximum atomic E-state index is 13.0. The minimum absolute atomic E-state index is 0.0528. The van der Waals surface area contributed by atoms with E-state index in [4.69, 9.17) is 29.2 Å². The largest absolute Gasteiger partial charge is 0.491 e. The van der Waals surface area contributed by atoms with Gasteiger partial charge in [-0.3, -0.25) is 0 Å². The van der Waals surface area contributed by atoms with Crippen molar-refractivity contribution in [2.24, 2.45) is 0 Å². The van der Waals surface area contributed by atoms with Crippen LogP contribution in [0.4, 0.5) is 5.82 Å². The van der Waals surface area contributed by atoms with Crippen LogP contribution in [0.3, 0.4) is 0 Å².